The number of aromatic nitrogens is 2. The molecule has 0 radical (unpaired) electrons. The molecule has 2 N–H and O–H groups in total. The first-order valence-corrected chi connectivity index (χ1v) is 5.99. The predicted molar refractivity (Wildman–Crippen MR) is 52.8 cm³/mol. The summed E-state index contributed by atoms with van der Waals surface area (Å²) < 4.78 is 22.1. The lowest BCUT2D eigenvalue weighted by Gasteiger charge is -2.07. The van der Waals surface area contributed by atoms with Crippen LogP contribution in [0.15, 0.2) is 23.9 Å². The van der Waals surface area contributed by atoms with Crippen molar-refractivity contribution in [2.24, 2.45) is 0 Å². The van der Waals surface area contributed by atoms with Gasteiger partial charge in [-0.25, -0.2) is 8.42 Å². The summed E-state index contributed by atoms with van der Waals surface area (Å²) in [5.41, 5.74) is 0.382. The second-order valence-corrected chi connectivity index (χ2v) is 5.16. The fraction of sp³-hybridized carbons (Fsp3) is 0.250. The van der Waals surface area contributed by atoms with Crippen LogP contribution in [0.3, 0.4) is 0 Å². The van der Waals surface area contributed by atoms with E-state index < -0.39 is 15.9 Å². The molecule has 2 heterocycles. The molecule has 1 aromatic heterocycles. The minimum Gasteiger partial charge on any atom is -0.345 e. The number of H-pyrrole nitrogens is 1. The highest BCUT2D eigenvalue weighted by atomic mass is 32.2. The molecule has 15 heavy (non-hydrogen) atoms. The number of nitrogens with one attached hydrogen (secondary N) is 2. The van der Waals surface area contributed by atoms with Crippen LogP contribution in [0, 0.1) is 0 Å². The van der Waals surface area contributed by atoms with Gasteiger partial charge in [-0.15, -0.1) is 0 Å². The van der Waals surface area contributed by atoms with Gasteiger partial charge in [0, 0.05) is 11.6 Å². The van der Waals surface area contributed by atoms with Crippen LogP contribution >= 0.6 is 0 Å². The standard InChI is InChI=1S/C8H9N3O3S/c12-8(6-3-9-10-4-6)11-7-1-2-15(13,14)5-7/h1-4,7H,5H2,(H,9,10)(H,11,12). The van der Waals surface area contributed by atoms with Crippen molar-refractivity contribution in [3.05, 3.63) is 29.4 Å². The highest BCUT2D eigenvalue weighted by Gasteiger charge is 2.23. The van der Waals surface area contributed by atoms with Gasteiger partial charge >= 0.3 is 0 Å². The predicted octanol–water partition coefficient (Wildman–Crippen LogP) is -0.550. The Bertz CT molecular complexity index is 489. The average molecular weight is 227 g/mol. The highest BCUT2D eigenvalue weighted by Crippen LogP contribution is 2.08. The fourth-order valence-corrected chi connectivity index (χ4v) is 2.53. The molecule has 1 aliphatic heterocycles. The number of hydrogen-bond donors (Lipinski definition) is 2. The Balaban J connectivity index is 2.01. The molecule has 0 aromatic carbocycles. The lowest BCUT2D eigenvalue weighted by Crippen LogP contribution is -2.35. The molecule has 1 atom stereocenters. The molecule has 1 unspecified atom stereocenters. The van der Waals surface area contributed by atoms with E-state index >= 15 is 0 Å². The largest absolute Gasteiger partial charge is 0.345 e. The second-order valence-electron chi connectivity index (χ2n) is 3.22. The van der Waals surface area contributed by atoms with Gasteiger partial charge in [-0.1, -0.05) is 0 Å². The fourth-order valence-electron chi connectivity index (χ4n) is 1.29. The van der Waals surface area contributed by atoms with Crippen molar-refractivity contribution in [2.45, 2.75) is 6.04 Å². The van der Waals surface area contributed by atoms with E-state index in [2.05, 4.69) is 15.5 Å². The van der Waals surface area contributed by atoms with E-state index in [1.54, 1.807) is 0 Å². The highest BCUT2D eigenvalue weighted by molar-refractivity contribution is 7.94. The maximum Gasteiger partial charge on any atom is 0.254 e. The van der Waals surface area contributed by atoms with E-state index in [-0.39, 0.29) is 11.7 Å². The molecule has 2 rings (SSSR count). The van der Waals surface area contributed by atoms with E-state index in [0.717, 1.165) is 5.41 Å². The quantitative estimate of drug-likeness (QED) is 0.709. The van der Waals surface area contributed by atoms with Crippen LogP contribution in [-0.4, -0.2) is 36.3 Å². The van der Waals surface area contributed by atoms with Gasteiger partial charge in [-0.05, 0) is 6.08 Å². The number of sulfone groups is 1. The third kappa shape index (κ3) is 2.24. The van der Waals surface area contributed by atoms with Crippen molar-refractivity contribution < 1.29 is 13.2 Å². The summed E-state index contributed by atoms with van der Waals surface area (Å²) in [6.07, 6.45) is 4.29. The summed E-state index contributed by atoms with van der Waals surface area (Å²) in [7, 11) is -3.13. The molecule has 0 saturated carbocycles. The van der Waals surface area contributed by atoms with Crippen LogP contribution in [0.2, 0.25) is 0 Å². The first kappa shape index (κ1) is 9.91. The molecule has 1 aromatic rings. The van der Waals surface area contributed by atoms with Crippen molar-refractivity contribution in [1.29, 1.82) is 0 Å². The van der Waals surface area contributed by atoms with Gasteiger partial charge in [0.1, 0.15) is 0 Å². The number of carbonyl (C=O) groups is 1. The van der Waals surface area contributed by atoms with Gasteiger partial charge in [0.05, 0.1) is 23.6 Å². The summed E-state index contributed by atoms with van der Waals surface area (Å²) in [6.45, 7) is 0. The topological polar surface area (TPSA) is 91.9 Å². The molecule has 0 spiro atoms. The second kappa shape index (κ2) is 3.50. The smallest absolute Gasteiger partial charge is 0.254 e. The zero-order valence-corrected chi connectivity index (χ0v) is 8.49. The number of carbonyl (C=O) groups excluding carboxylic acids is 1. The monoisotopic (exact) mass is 227 g/mol. The maximum atomic E-state index is 11.5. The molecule has 1 aliphatic rings. The molecule has 1 amide bonds. The zero-order chi connectivity index (χ0) is 10.9. The van der Waals surface area contributed by atoms with Crippen LogP contribution in [0.5, 0.6) is 0 Å². The summed E-state index contributed by atoms with van der Waals surface area (Å²) in [6, 6.07) is -0.447. The van der Waals surface area contributed by atoms with Crippen LogP contribution in [0.4, 0.5) is 0 Å². The maximum absolute atomic E-state index is 11.5. The Labute approximate surface area is 86.3 Å². The molecule has 0 saturated heterocycles. The van der Waals surface area contributed by atoms with Crippen molar-refractivity contribution >= 4 is 15.7 Å². The number of amides is 1. The summed E-state index contributed by atoms with van der Waals surface area (Å²) >= 11 is 0. The van der Waals surface area contributed by atoms with Gasteiger partial charge in [0.2, 0.25) is 0 Å². The summed E-state index contributed by atoms with van der Waals surface area (Å²) in [4.78, 5) is 11.5. The first-order chi connectivity index (χ1) is 7.07. The van der Waals surface area contributed by atoms with Gasteiger partial charge in [-0.2, -0.15) is 5.10 Å². The summed E-state index contributed by atoms with van der Waals surface area (Å²) in [5.74, 6) is -0.410. The number of nitrogens with zero attached hydrogens (tertiary/aromatic N) is 1. The summed E-state index contributed by atoms with van der Waals surface area (Å²) in [5, 5.41) is 9.82. The molecule has 0 bridgehead atoms. The van der Waals surface area contributed by atoms with Crippen LogP contribution in [-0.2, 0) is 9.84 Å². The minimum atomic E-state index is -3.13. The van der Waals surface area contributed by atoms with Crippen molar-refractivity contribution in [2.75, 3.05) is 5.75 Å². The van der Waals surface area contributed by atoms with Gasteiger partial charge in [0.15, 0.2) is 9.84 Å². The van der Waals surface area contributed by atoms with Gasteiger partial charge < -0.3 is 5.32 Å². The Morgan fingerprint density at radius 1 is 1.60 bits per heavy atom. The molecule has 80 valence electrons. The molecule has 0 fully saturated rings. The lowest BCUT2D eigenvalue weighted by molar-refractivity contribution is 0.0948. The third-order valence-corrected chi connectivity index (χ3v) is 3.40. The van der Waals surface area contributed by atoms with E-state index in [0.29, 0.717) is 5.56 Å². The van der Waals surface area contributed by atoms with Crippen LogP contribution in [0.25, 0.3) is 0 Å². The van der Waals surface area contributed by atoms with Crippen LogP contribution in [0.1, 0.15) is 10.4 Å². The zero-order valence-electron chi connectivity index (χ0n) is 7.67. The SMILES string of the molecule is O=C(NC1C=CS(=O)(=O)C1)c1cn[nH]c1. The van der Waals surface area contributed by atoms with Crippen LogP contribution < -0.4 is 5.32 Å². The number of rotatable bonds is 2. The molecule has 0 aliphatic carbocycles. The Kier molecular flexibility index (Phi) is 2.31. The number of aromatic amines is 1. The van der Waals surface area contributed by atoms with Crippen molar-refractivity contribution in [1.82, 2.24) is 15.5 Å². The van der Waals surface area contributed by atoms with Crippen molar-refractivity contribution in [3.63, 3.8) is 0 Å². The lowest BCUT2D eigenvalue weighted by atomic mass is 10.3. The molecular weight excluding hydrogens is 218 g/mol. The van der Waals surface area contributed by atoms with Gasteiger partial charge in [0.25, 0.3) is 5.91 Å². The molecular formula is C8H9N3O3S. The van der Waals surface area contributed by atoms with Crippen molar-refractivity contribution in [3.8, 4) is 0 Å². The van der Waals surface area contributed by atoms with E-state index in [1.807, 2.05) is 0 Å². The van der Waals surface area contributed by atoms with Gasteiger partial charge in [-0.3, -0.25) is 9.89 Å². The van der Waals surface area contributed by atoms with E-state index in [9.17, 15) is 13.2 Å². The third-order valence-electron chi connectivity index (χ3n) is 2.01. The first-order valence-electron chi connectivity index (χ1n) is 4.27. The normalized spacial score (nSPS) is 22.8. The minimum absolute atomic E-state index is 0.0728. The molecule has 7 heteroatoms. The Hall–Kier alpha value is -1.63. The molecule has 6 nitrogen and oxygen atoms in total. The van der Waals surface area contributed by atoms with E-state index in [4.69, 9.17) is 0 Å². The Morgan fingerprint density at radius 3 is 2.93 bits per heavy atom. The Morgan fingerprint density at radius 2 is 2.40 bits per heavy atom. The van der Waals surface area contributed by atoms with E-state index in [1.165, 1.54) is 18.5 Å². The number of hydrogen-bond acceptors (Lipinski definition) is 4. The average Bonchev–Trinajstić information content (AvgIpc) is 2.74.